The van der Waals surface area contributed by atoms with Crippen LogP contribution in [-0.2, 0) is 7.05 Å². The van der Waals surface area contributed by atoms with Gasteiger partial charge in [-0.3, -0.25) is 9.59 Å². The maximum absolute atomic E-state index is 13.5. The lowest BCUT2D eigenvalue weighted by Crippen LogP contribution is -2.38. The number of pyridine rings is 1. The first kappa shape index (κ1) is 23.0. The number of nitriles is 1. The van der Waals surface area contributed by atoms with Gasteiger partial charge in [-0.25, -0.2) is 8.78 Å². The number of hydrogen-bond donors (Lipinski definition) is 1. The van der Waals surface area contributed by atoms with Crippen LogP contribution in [0.3, 0.4) is 0 Å². The van der Waals surface area contributed by atoms with Crippen LogP contribution in [0.2, 0.25) is 0 Å². The number of hydrogen-bond acceptors (Lipinski definition) is 5. The molecule has 0 spiro atoms. The summed E-state index contributed by atoms with van der Waals surface area (Å²) in [4.78, 5) is 27.2. The number of ether oxygens (including phenoxy) is 1. The van der Waals surface area contributed by atoms with Crippen molar-refractivity contribution in [2.75, 3.05) is 23.3 Å². The summed E-state index contributed by atoms with van der Waals surface area (Å²) in [7, 11) is 1.56. The van der Waals surface area contributed by atoms with Crippen LogP contribution in [-0.4, -0.2) is 29.7 Å². The highest BCUT2D eigenvalue weighted by atomic mass is 19.2. The molecule has 1 fully saturated rings. The van der Waals surface area contributed by atoms with Gasteiger partial charge in [0.25, 0.3) is 11.5 Å². The highest BCUT2D eigenvalue weighted by molar-refractivity contribution is 6.05. The lowest BCUT2D eigenvalue weighted by Gasteiger charge is -2.34. The Bertz CT molecular complexity index is 1320. The number of carbonyl (C=O) groups excluding carboxylic acids is 1. The van der Waals surface area contributed by atoms with E-state index in [1.807, 2.05) is 4.90 Å². The number of benzene rings is 2. The van der Waals surface area contributed by atoms with Crippen LogP contribution in [0.4, 0.5) is 20.2 Å². The van der Waals surface area contributed by atoms with E-state index in [2.05, 4.69) is 11.4 Å². The molecule has 1 aliphatic heterocycles. The molecular weight excluding hydrogens is 442 g/mol. The second kappa shape index (κ2) is 9.75. The molecule has 9 heteroatoms. The largest absolute Gasteiger partial charge is 0.490 e. The second-order valence-corrected chi connectivity index (χ2v) is 8.02. The van der Waals surface area contributed by atoms with Gasteiger partial charge in [-0.15, -0.1) is 0 Å². The third-order valence-corrected chi connectivity index (χ3v) is 5.72. The zero-order valence-corrected chi connectivity index (χ0v) is 18.4. The number of piperidine rings is 1. The Morgan fingerprint density at radius 3 is 2.59 bits per heavy atom. The summed E-state index contributed by atoms with van der Waals surface area (Å²) >= 11 is 0. The van der Waals surface area contributed by atoms with E-state index in [1.165, 1.54) is 16.7 Å². The number of carbonyl (C=O) groups is 1. The number of amides is 1. The molecule has 1 amide bonds. The summed E-state index contributed by atoms with van der Waals surface area (Å²) in [5, 5.41) is 12.1. The summed E-state index contributed by atoms with van der Waals surface area (Å²) in [5.74, 6) is -2.17. The van der Waals surface area contributed by atoms with Gasteiger partial charge in [0.1, 0.15) is 17.4 Å². The van der Waals surface area contributed by atoms with Crippen LogP contribution < -0.4 is 20.5 Å². The molecule has 0 unspecified atom stereocenters. The smallest absolute Gasteiger partial charge is 0.263 e. The van der Waals surface area contributed by atoms with Crippen molar-refractivity contribution >= 4 is 17.3 Å². The number of aryl methyl sites for hydroxylation is 1. The predicted octanol–water partition coefficient (Wildman–Crippen LogP) is 3.84. The minimum absolute atomic E-state index is 0.00283. The Hall–Kier alpha value is -4.19. The SMILES string of the molecule is Cn1cccc(C(=O)Nc2cc(C#N)ccc2N2CCC(Oc3ccc(F)c(F)c3)CC2)c1=O. The standard InChI is InChI=1S/C25H22F2N4O3/c1-30-10-2-3-19(25(30)33)24(32)29-22-13-16(15-28)4-7-23(22)31-11-8-17(9-12-31)34-18-5-6-20(26)21(27)14-18/h2-7,10,13-14,17H,8-9,11-12H2,1H3,(H,29,32). The maximum Gasteiger partial charge on any atom is 0.263 e. The summed E-state index contributed by atoms with van der Waals surface area (Å²) in [6.45, 7) is 1.16. The second-order valence-electron chi connectivity index (χ2n) is 8.02. The normalized spacial score (nSPS) is 13.9. The Kier molecular flexibility index (Phi) is 6.59. The summed E-state index contributed by atoms with van der Waals surface area (Å²) in [6.07, 6.45) is 2.62. The number of aromatic nitrogens is 1. The first-order valence-electron chi connectivity index (χ1n) is 10.7. The van der Waals surface area contributed by atoms with Gasteiger partial charge in [0.15, 0.2) is 11.6 Å². The summed E-state index contributed by atoms with van der Waals surface area (Å²) < 4.78 is 33.7. The van der Waals surface area contributed by atoms with Crippen LogP contribution in [0.25, 0.3) is 0 Å². The molecular formula is C25H22F2N4O3. The van der Waals surface area contributed by atoms with E-state index in [9.17, 15) is 23.6 Å². The number of rotatable bonds is 5. The van der Waals surface area contributed by atoms with Crippen LogP contribution in [0, 0.1) is 23.0 Å². The van der Waals surface area contributed by atoms with Crippen molar-refractivity contribution in [3.05, 3.63) is 87.8 Å². The average molecular weight is 464 g/mol. The molecule has 4 rings (SSSR count). The van der Waals surface area contributed by atoms with Crippen LogP contribution in [0.5, 0.6) is 5.75 Å². The third kappa shape index (κ3) is 4.91. The highest BCUT2D eigenvalue weighted by Gasteiger charge is 2.24. The average Bonchev–Trinajstić information content (AvgIpc) is 2.83. The summed E-state index contributed by atoms with van der Waals surface area (Å²) in [6, 6.07) is 13.6. The Balaban J connectivity index is 1.49. The molecule has 1 aliphatic rings. The van der Waals surface area contributed by atoms with Crippen molar-refractivity contribution in [2.24, 2.45) is 7.05 Å². The summed E-state index contributed by atoms with van der Waals surface area (Å²) in [5.41, 5.74) is 1.09. The molecule has 1 aromatic heterocycles. The fourth-order valence-corrected chi connectivity index (χ4v) is 3.90. The molecule has 1 saturated heterocycles. The van der Waals surface area contributed by atoms with Crippen LogP contribution in [0.1, 0.15) is 28.8 Å². The van der Waals surface area contributed by atoms with Gasteiger partial charge >= 0.3 is 0 Å². The zero-order valence-electron chi connectivity index (χ0n) is 18.4. The Morgan fingerprint density at radius 1 is 1.12 bits per heavy atom. The van der Waals surface area contributed by atoms with E-state index >= 15 is 0 Å². The zero-order chi connectivity index (χ0) is 24.2. The number of halogens is 2. The Morgan fingerprint density at radius 2 is 1.88 bits per heavy atom. The molecule has 0 aliphatic carbocycles. The molecule has 0 atom stereocenters. The minimum Gasteiger partial charge on any atom is -0.490 e. The molecule has 34 heavy (non-hydrogen) atoms. The van der Waals surface area contributed by atoms with Gasteiger partial charge in [0, 0.05) is 45.2 Å². The van der Waals surface area contributed by atoms with Gasteiger partial charge in [0.05, 0.1) is 23.0 Å². The number of nitrogens with one attached hydrogen (secondary N) is 1. The fourth-order valence-electron chi connectivity index (χ4n) is 3.90. The van der Waals surface area contributed by atoms with Crippen molar-refractivity contribution in [1.29, 1.82) is 5.26 Å². The molecule has 1 N–H and O–H groups in total. The van der Waals surface area contributed by atoms with E-state index in [4.69, 9.17) is 4.74 Å². The molecule has 2 aromatic carbocycles. The molecule has 0 bridgehead atoms. The molecule has 174 valence electrons. The molecule has 0 saturated carbocycles. The maximum atomic E-state index is 13.5. The predicted molar refractivity (Wildman–Crippen MR) is 123 cm³/mol. The van der Waals surface area contributed by atoms with Crippen molar-refractivity contribution < 1.29 is 18.3 Å². The van der Waals surface area contributed by atoms with Gasteiger partial charge in [-0.2, -0.15) is 5.26 Å². The number of anilines is 2. The van der Waals surface area contributed by atoms with Gasteiger partial charge in [-0.1, -0.05) is 0 Å². The first-order valence-corrected chi connectivity index (χ1v) is 10.7. The van der Waals surface area contributed by atoms with Gasteiger partial charge < -0.3 is 19.5 Å². The van der Waals surface area contributed by atoms with E-state index in [1.54, 1.807) is 37.5 Å². The van der Waals surface area contributed by atoms with Crippen LogP contribution >= 0.6 is 0 Å². The molecule has 0 radical (unpaired) electrons. The van der Waals surface area contributed by atoms with Gasteiger partial charge in [-0.05, 0) is 42.5 Å². The third-order valence-electron chi connectivity index (χ3n) is 5.72. The van der Waals surface area contributed by atoms with Crippen LogP contribution in [0.15, 0.2) is 59.5 Å². The van der Waals surface area contributed by atoms with Crippen molar-refractivity contribution in [3.63, 3.8) is 0 Å². The first-order chi connectivity index (χ1) is 16.4. The van der Waals surface area contributed by atoms with E-state index < -0.39 is 23.1 Å². The lowest BCUT2D eigenvalue weighted by atomic mass is 10.1. The van der Waals surface area contributed by atoms with Gasteiger partial charge in [0.2, 0.25) is 0 Å². The molecule has 7 nitrogen and oxygen atoms in total. The molecule has 3 aromatic rings. The molecule has 2 heterocycles. The van der Waals surface area contributed by atoms with E-state index in [0.29, 0.717) is 42.9 Å². The minimum atomic E-state index is -0.957. The van der Waals surface area contributed by atoms with Crippen molar-refractivity contribution in [3.8, 4) is 11.8 Å². The van der Waals surface area contributed by atoms with Crippen molar-refractivity contribution in [1.82, 2.24) is 4.57 Å². The van der Waals surface area contributed by atoms with E-state index in [-0.39, 0.29) is 17.4 Å². The van der Waals surface area contributed by atoms with Crippen molar-refractivity contribution in [2.45, 2.75) is 18.9 Å². The highest BCUT2D eigenvalue weighted by Crippen LogP contribution is 2.31. The lowest BCUT2D eigenvalue weighted by molar-refractivity contribution is 0.102. The Labute approximate surface area is 194 Å². The topological polar surface area (TPSA) is 87.4 Å². The number of nitrogens with zero attached hydrogens (tertiary/aromatic N) is 3. The van der Waals surface area contributed by atoms with E-state index in [0.717, 1.165) is 12.1 Å². The quantitative estimate of drug-likeness (QED) is 0.620. The monoisotopic (exact) mass is 464 g/mol. The fraction of sp³-hybridized carbons (Fsp3) is 0.240.